The zero-order valence-electron chi connectivity index (χ0n) is 15.9. The molecule has 0 saturated carbocycles. The van der Waals surface area contributed by atoms with Crippen LogP contribution in [-0.4, -0.2) is 63.8 Å². The van der Waals surface area contributed by atoms with Gasteiger partial charge in [-0.2, -0.15) is 4.31 Å². The second-order valence-corrected chi connectivity index (χ2v) is 12.3. The second-order valence-electron chi connectivity index (χ2n) is 6.48. The van der Waals surface area contributed by atoms with Gasteiger partial charge in [-0.05, 0) is 24.3 Å². The fourth-order valence-electron chi connectivity index (χ4n) is 2.73. The fourth-order valence-corrected chi connectivity index (χ4v) is 6.70. The minimum Gasteiger partial charge on any atom is -0.387 e. The van der Waals surface area contributed by atoms with Gasteiger partial charge in [0.15, 0.2) is 11.8 Å². The molecule has 1 aromatic heterocycles. The van der Waals surface area contributed by atoms with Gasteiger partial charge in [0, 0.05) is 12.3 Å². The molecule has 0 radical (unpaired) electrons. The Balaban J connectivity index is 2.24. The number of H-pyrrole nitrogens is 1. The topological polar surface area (TPSA) is 247 Å². The van der Waals surface area contributed by atoms with E-state index >= 15 is 0 Å². The van der Waals surface area contributed by atoms with E-state index in [0.29, 0.717) is 0 Å². The van der Waals surface area contributed by atoms with Crippen molar-refractivity contribution in [3.63, 3.8) is 0 Å². The second kappa shape index (κ2) is 9.41. The summed E-state index contributed by atoms with van der Waals surface area (Å²) in [5.41, 5.74) is -4.11. The number of aliphatic hydroxyl groups excluding tert-OH is 1. The number of aromatic nitrogens is 2. The van der Waals surface area contributed by atoms with Crippen LogP contribution < -0.4 is 11.2 Å². The van der Waals surface area contributed by atoms with Crippen LogP contribution in [0.25, 0.3) is 0 Å². The maximum atomic E-state index is 12.1. The molecule has 0 spiro atoms. The Morgan fingerprint density at radius 2 is 1.91 bits per heavy atom. The summed E-state index contributed by atoms with van der Waals surface area (Å²) in [5.74, 6) is 0. The van der Waals surface area contributed by atoms with Crippen LogP contribution >= 0.6 is 22.4 Å². The Kier molecular flexibility index (Phi) is 8.05. The maximum absolute atomic E-state index is 12.1. The molecule has 1 saturated heterocycles. The molecule has 6 atom stereocenters. The van der Waals surface area contributed by atoms with Crippen molar-refractivity contribution in [2.45, 2.75) is 31.0 Å². The number of phosphoric acid groups is 2. The molecule has 0 aromatic carbocycles. The Morgan fingerprint density at radius 1 is 1.31 bits per heavy atom. The molecule has 2 rings (SSSR count). The van der Waals surface area contributed by atoms with Crippen LogP contribution in [0.1, 0.15) is 13.2 Å². The monoisotopic (exact) mass is 540 g/mol. The van der Waals surface area contributed by atoms with E-state index in [1.807, 2.05) is 4.98 Å². The predicted molar refractivity (Wildman–Crippen MR) is 107 cm³/mol. The quantitative estimate of drug-likeness (QED) is 0.140. The van der Waals surface area contributed by atoms with Gasteiger partial charge in [-0.15, -0.1) is 0 Å². The number of nitrogens with one attached hydrogen (secondary N) is 1. The summed E-state index contributed by atoms with van der Waals surface area (Å²) in [7, 11) is -11.1. The smallest absolute Gasteiger partial charge is 0.387 e. The van der Waals surface area contributed by atoms with Crippen LogP contribution in [0, 0.1) is 0 Å². The van der Waals surface area contributed by atoms with Gasteiger partial charge in [-0.25, -0.2) is 18.2 Å². The highest BCUT2D eigenvalue weighted by Gasteiger charge is 2.57. The SMILES string of the molecule is C=C(C)C1(O)[C@H](O)[C@@H](COP(O)(=S)OP(=O)(O)OP(=O)(O)O)O[C@H]1n1ccc(=O)[nH]c1=O. The first-order valence-corrected chi connectivity index (χ1v) is 13.8. The zero-order valence-corrected chi connectivity index (χ0v) is 19.4. The lowest BCUT2D eigenvalue weighted by Crippen LogP contribution is -2.49. The molecule has 16 nitrogen and oxygen atoms in total. The molecule has 1 aliphatic heterocycles. The molecule has 2 heterocycles. The first-order chi connectivity index (χ1) is 14.4. The van der Waals surface area contributed by atoms with Crippen molar-refractivity contribution >= 4 is 34.2 Å². The summed E-state index contributed by atoms with van der Waals surface area (Å²) < 4.78 is 40.7. The Labute approximate surface area is 183 Å². The average Bonchev–Trinajstić information content (AvgIpc) is 2.83. The molecular weight excluding hydrogens is 521 g/mol. The summed E-state index contributed by atoms with van der Waals surface area (Å²) in [6.07, 6.45) is -4.05. The van der Waals surface area contributed by atoms with Crippen molar-refractivity contribution in [1.82, 2.24) is 9.55 Å². The van der Waals surface area contributed by atoms with Crippen molar-refractivity contribution in [3.05, 3.63) is 45.3 Å². The summed E-state index contributed by atoms with van der Waals surface area (Å²) >= 11 is 4.47. The van der Waals surface area contributed by atoms with E-state index in [9.17, 15) is 38.7 Å². The number of hydrogen-bond acceptors (Lipinski definition) is 11. The molecule has 0 aliphatic carbocycles. The number of rotatable bonds is 9. The molecule has 1 aliphatic rings. The third kappa shape index (κ3) is 6.38. The summed E-state index contributed by atoms with van der Waals surface area (Å²) in [4.78, 5) is 61.6. The van der Waals surface area contributed by atoms with Crippen molar-refractivity contribution in [2.24, 2.45) is 0 Å². The van der Waals surface area contributed by atoms with Gasteiger partial charge in [0.2, 0.25) is 0 Å². The first-order valence-electron chi connectivity index (χ1n) is 8.20. The molecule has 182 valence electrons. The number of ether oxygens (including phenoxy) is 1. The van der Waals surface area contributed by atoms with Gasteiger partial charge in [0.1, 0.15) is 12.2 Å². The Bertz CT molecular complexity index is 1140. The predicted octanol–water partition coefficient (Wildman–Crippen LogP) is -1.44. The van der Waals surface area contributed by atoms with E-state index in [2.05, 4.69) is 27.0 Å². The highest BCUT2D eigenvalue weighted by molar-refractivity contribution is 8.08. The number of hydrogen-bond donors (Lipinski definition) is 7. The molecule has 7 N–H and O–H groups in total. The van der Waals surface area contributed by atoms with Crippen molar-refractivity contribution in [2.75, 3.05) is 6.61 Å². The van der Waals surface area contributed by atoms with Gasteiger partial charge < -0.3 is 39.0 Å². The standard InChI is InChI=1S/C12H19N2O14P3S/c1-6(2)12(18)9(16)7(26-10(12)14-4-3-8(15)13-11(14)17)5-25-31(24,32)28-30(22,23)27-29(19,20)21/h3-4,7,9-10,16,18H,1,5H2,2H3,(H,22,23)(H,24,32)(H,13,15,17)(H2,19,20,21)/t7-,9-,10-,12?,31?/m1/s1. The summed E-state index contributed by atoms with van der Waals surface area (Å²) in [6, 6.07) is 0.945. The van der Waals surface area contributed by atoms with Gasteiger partial charge >= 0.3 is 28.1 Å². The molecule has 1 aromatic rings. The van der Waals surface area contributed by atoms with E-state index in [4.69, 9.17) is 19.0 Å². The van der Waals surface area contributed by atoms with Gasteiger partial charge in [0.25, 0.3) is 5.56 Å². The minimum absolute atomic E-state index is 0.0646. The normalized spacial score (nSPS) is 29.9. The van der Waals surface area contributed by atoms with Crippen molar-refractivity contribution in [1.29, 1.82) is 0 Å². The van der Waals surface area contributed by atoms with Gasteiger partial charge in [0.05, 0.1) is 6.61 Å². The summed E-state index contributed by atoms with van der Waals surface area (Å²) in [5, 5.41) is 21.5. The van der Waals surface area contributed by atoms with E-state index in [1.54, 1.807) is 0 Å². The van der Waals surface area contributed by atoms with Gasteiger partial charge in [-0.3, -0.25) is 14.3 Å². The van der Waals surface area contributed by atoms with E-state index in [0.717, 1.165) is 16.8 Å². The molecule has 3 unspecified atom stereocenters. The molecule has 32 heavy (non-hydrogen) atoms. The average molecular weight is 540 g/mol. The molecule has 0 bridgehead atoms. The number of aromatic amines is 1. The zero-order chi connectivity index (χ0) is 24.7. The van der Waals surface area contributed by atoms with Crippen LogP contribution in [0.2, 0.25) is 0 Å². The number of aliphatic hydroxyl groups is 2. The Hall–Kier alpha value is -0.870. The highest BCUT2D eigenvalue weighted by Crippen LogP contribution is 2.66. The molecular formula is C12H19N2O14P3S. The number of nitrogens with zero attached hydrogens (tertiary/aromatic N) is 1. The van der Waals surface area contributed by atoms with E-state index in [-0.39, 0.29) is 5.57 Å². The van der Waals surface area contributed by atoms with Crippen LogP contribution in [0.5, 0.6) is 0 Å². The maximum Gasteiger partial charge on any atom is 0.488 e. The lowest BCUT2D eigenvalue weighted by molar-refractivity contribution is -0.0869. The lowest BCUT2D eigenvalue weighted by atomic mass is 9.87. The van der Waals surface area contributed by atoms with E-state index < -0.39 is 64.3 Å². The largest absolute Gasteiger partial charge is 0.488 e. The Morgan fingerprint density at radius 3 is 2.41 bits per heavy atom. The molecule has 1 fully saturated rings. The fraction of sp³-hybridized carbons (Fsp3) is 0.500. The first kappa shape index (κ1) is 27.4. The molecule has 0 amide bonds. The lowest BCUT2D eigenvalue weighted by Gasteiger charge is -2.32. The van der Waals surface area contributed by atoms with E-state index in [1.165, 1.54) is 6.92 Å². The third-order valence-electron chi connectivity index (χ3n) is 4.09. The molecule has 20 heteroatoms. The van der Waals surface area contributed by atoms with Gasteiger partial charge in [-0.1, -0.05) is 6.58 Å². The highest BCUT2D eigenvalue weighted by atomic mass is 32.5. The van der Waals surface area contributed by atoms with Crippen molar-refractivity contribution in [3.8, 4) is 0 Å². The third-order valence-corrected chi connectivity index (χ3v) is 8.81. The van der Waals surface area contributed by atoms with Crippen LogP contribution in [0.15, 0.2) is 34.0 Å². The summed E-state index contributed by atoms with van der Waals surface area (Å²) in [6.45, 7) is -0.757. The van der Waals surface area contributed by atoms with Crippen molar-refractivity contribution < 1.29 is 56.8 Å². The minimum atomic E-state index is -5.56. The van der Waals surface area contributed by atoms with Crippen LogP contribution in [0.3, 0.4) is 0 Å². The van der Waals surface area contributed by atoms with Crippen LogP contribution in [0.4, 0.5) is 0 Å². The van der Waals surface area contributed by atoms with Crippen LogP contribution in [-0.2, 0) is 38.8 Å².